The predicted molar refractivity (Wildman–Crippen MR) is 174 cm³/mol. The lowest BCUT2D eigenvalue weighted by Crippen LogP contribution is -2.45. The summed E-state index contributed by atoms with van der Waals surface area (Å²) >= 11 is 5.96. The molecule has 3 amide bonds. The highest BCUT2D eigenvalue weighted by Gasteiger charge is 2.32. The standard InChI is InChI=1S/C34H35ClN4O7/c1-5-7-24-16-23(10-14-27(24)45-19-22-8-12-26(35)13-9-22)18-36-39-30(40)20-46-28-15-11-25(17-29(28)43-4)32-31(33(41)44-6-2)21(3)37-34(42)38-32/h5,8-18,32H,1,6-7,19-20H2,2-4H3,(H,39,40)(H2,37,38,42)/b36-18-/t32-/m0/s1. The average Bonchev–Trinajstić information content (AvgIpc) is 3.04. The molecule has 1 aliphatic heterocycles. The first-order valence-corrected chi connectivity index (χ1v) is 14.8. The van der Waals surface area contributed by atoms with Gasteiger partial charge < -0.3 is 29.6 Å². The van der Waals surface area contributed by atoms with Crippen LogP contribution in [0.5, 0.6) is 17.2 Å². The highest BCUT2D eigenvalue weighted by molar-refractivity contribution is 6.30. The topological polar surface area (TPSA) is 137 Å². The van der Waals surface area contributed by atoms with E-state index in [2.05, 4.69) is 27.7 Å². The van der Waals surface area contributed by atoms with Crippen LogP contribution in [-0.4, -0.2) is 44.4 Å². The molecule has 1 atom stereocenters. The van der Waals surface area contributed by atoms with Gasteiger partial charge in [-0.2, -0.15) is 5.10 Å². The molecule has 0 fully saturated rings. The summed E-state index contributed by atoms with van der Waals surface area (Å²) in [5.74, 6) is 0.257. The highest BCUT2D eigenvalue weighted by Crippen LogP contribution is 2.34. The van der Waals surface area contributed by atoms with E-state index in [1.54, 1.807) is 38.1 Å². The Morgan fingerprint density at radius 3 is 2.52 bits per heavy atom. The summed E-state index contributed by atoms with van der Waals surface area (Å²) in [6.45, 7) is 7.38. The summed E-state index contributed by atoms with van der Waals surface area (Å²) in [6.07, 6.45) is 3.89. The van der Waals surface area contributed by atoms with Crippen molar-refractivity contribution >= 4 is 35.7 Å². The van der Waals surface area contributed by atoms with Gasteiger partial charge in [0.15, 0.2) is 18.1 Å². The van der Waals surface area contributed by atoms with Gasteiger partial charge >= 0.3 is 12.0 Å². The minimum atomic E-state index is -0.774. The van der Waals surface area contributed by atoms with E-state index in [0.29, 0.717) is 35.1 Å². The van der Waals surface area contributed by atoms with E-state index in [4.69, 9.17) is 30.5 Å². The number of rotatable bonds is 14. The van der Waals surface area contributed by atoms with Crippen molar-refractivity contribution in [3.63, 3.8) is 0 Å². The van der Waals surface area contributed by atoms with E-state index in [1.807, 2.05) is 42.5 Å². The van der Waals surface area contributed by atoms with Gasteiger partial charge in [-0.25, -0.2) is 15.0 Å². The number of amides is 3. The molecule has 3 N–H and O–H groups in total. The van der Waals surface area contributed by atoms with E-state index >= 15 is 0 Å². The number of nitrogens with one attached hydrogen (secondary N) is 3. The van der Waals surface area contributed by atoms with Crippen LogP contribution in [0.2, 0.25) is 5.02 Å². The Morgan fingerprint density at radius 2 is 1.80 bits per heavy atom. The molecule has 0 saturated carbocycles. The van der Waals surface area contributed by atoms with E-state index in [1.165, 1.54) is 13.3 Å². The number of carbonyl (C=O) groups is 3. The summed E-state index contributed by atoms with van der Waals surface area (Å²) in [6, 6.07) is 16.7. The number of ether oxygens (including phenoxy) is 4. The van der Waals surface area contributed by atoms with E-state index < -0.39 is 23.9 Å². The van der Waals surface area contributed by atoms with Crippen molar-refractivity contribution in [2.75, 3.05) is 20.3 Å². The molecular formula is C34H35ClN4O7. The molecule has 3 aromatic rings. The van der Waals surface area contributed by atoms with Crippen molar-refractivity contribution in [2.24, 2.45) is 5.10 Å². The van der Waals surface area contributed by atoms with Gasteiger partial charge in [0.05, 0.1) is 31.5 Å². The molecule has 0 spiro atoms. The Morgan fingerprint density at radius 1 is 1.04 bits per heavy atom. The fourth-order valence-electron chi connectivity index (χ4n) is 4.64. The SMILES string of the molecule is C=CCc1cc(/C=N\NC(=O)COc2ccc([C@@H]3NC(=O)NC(C)=C3C(=O)OCC)cc2OC)ccc1OCc1ccc(Cl)cc1. The van der Waals surface area contributed by atoms with Gasteiger partial charge in [0.2, 0.25) is 0 Å². The lowest BCUT2D eigenvalue weighted by atomic mass is 9.95. The molecule has 0 bridgehead atoms. The number of halogens is 1. The largest absolute Gasteiger partial charge is 0.493 e. The van der Waals surface area contributed by atoms with Gasteiger partial charge in [-0.15, -0.1) is 6.58 Å². The number of methoxy groups -OCH3 is 1. The second kappa shape index (κ2) is 16.1. The molecule has 11 nitrogen and oxygen atoms in total. The zero-order chi connectivity index (χ0) is 33.1. The van der Waals surface area contributed by atoms with Crippen LogP contribution in [0, 0.1) is 0 Å². The molecule has 0 aromatic heterocycles. The number of hydrogen-bond acceptors (Lipinski definition) is 8. The summed E-state index contributed by atoms with van der Waals surface area (Å²) in [5, 5.41) is 10.0. The predicted octanol–water partition coefficient (Wildman–Crippen LogP) is 5.38. The molecule has 46 heavy (non-hydrogen) atoms. The molecule has 1 aliphatic rings. The monoisotopic (exact) mass is 646 g/mol. The molecular weight excluding hydrogens is 612 g/mol. The number of carbonyl (C=O) groups excluding carboxylic acids is 3. The summed E-state index contributed by atoms with van der Waals surface area (Å²) in [7, 11) is 1.44. The van der Waals surface area contributed by atoms with Crippen LogP contribution in [0.3, 0.4) is 0 Å². The second-order valence-corrected chi connectivity index (χ2v) is 10.5. The zero-order valence-corrected chi connectivity index (χ0v) is 26.5. The van der Waals surface area contributed by atoms with Gasteiger partial charge in [-0.05, 0) is 85.0 Å². The number of hydrazone groups is 1. The molecule has 3 aromatic carbocycles. The first kappa shape index (κ1) is 33.6. The van der Waals surface area contributed by atoms with Crippen LogP contribution in [0.4, 0.5) is 4.79 Å². The molecule has 0 unspecified atom stereocenters. The van der Waals surface area contributed by atoms with Crippen molar-refractivity contribution in [3.8, 4) is 17.2 Å². The van der Waals surface area contributed by atoms with Gasteiger partial charge in [0, 0.05) is 10.7 Å². The summed E-state index contributed by atoms with van der Waals surface area (Å²) < 4.78 is 22.3. The fourth-order valence-corrected chi connectivity index (χ4v) is 4.76. The van der Waals surface area contributed by atoms with E-state index in [9.17, 15) is 14.4 Å². The van der Waals surface area contributed by atoms with Crippen molar-refractivity contribution in [2.45, 2.75) is 32.9 Å². The maximum atomic E-state index is 12.6. The van der Waals surface area contributed by atoms with Crippen LogP contribution in [-0.2, 0) is 27.4 Å². The van der Waals surface area contributed by atoms with Crippen LogP contribution in [0.15, 0.2) is 89.7 Å². The molecule has 4 rings (SSSR count). The van der Waals surface area contributed by atoms with Crippen LogP contribution in [0.25, 0.3) is 0 Å². The zero-order valence-electron chi connectivity index (χ0n) is 25.7. The van der Waals surface area contributed by atoms with Crippen molar-refractivity contribution in [3.05, 3.63) is 112 Å². The third kappa shape index (κ3) is 8.89. The first-order valence-electron chi connectivity index (χ1n) is 14.4. The lowest BCUT2D eigenvalue weighted by molar-refractivity contribution is -0.139. The third-order valence-corrected chi connectivity index (χ3v) is 7.06. The normalized spacial score (nSPS) is 14.3. The number of hydrogen-bond donors (Lipinski definition) is 3. The Bertz CT molecular complexity index is 1650. The fraction of sp³-hybridized carbons (Fsp3) is 0.235. The quantitative estimate of drug-likeness (QED) is 0.0926. The number of nitrogens with zero attached hydrogens (tertiary/aromatic N) is 1. The van der Waals surface area contributed by atoms with Gasteiger partial charge in [0.25, 0.3) is 5.91 Å². The lowest BCUT2D eigenvalue weighted by Gasteiger charge is -2.28. The Kier molecular flexibility index (Phi) is 11.8. The van der Waals surface area contributed by atoms with Crippen LogP contribution in [0.1, 0.15) is 42.1 Å². The number of esters is 1. The highest BCUT2D eigenvalue weighted by atomic mass is 35.5. The van der Waals surface area contributed by atoms with Gasteiger partial charge in [-0.3, -0.25) is 4.79 Å². The molecule has 0 aliphatic carbocycles. The van der Waals surface area contributed by atoms with E-state index in [0.717, 1.165) is 22.4 Å². The smallest absolute Gasteiger partial charge is 0.338 e. The third-order valence-electron chi connectivity index (χ3n) is 6.80. The Balaban J connectivity index is 1.36. The molecule has 0 radical (unpaired) electrons. The van der Waals surface area contributed by atoms with Crippen molar-refractivity contribution in [1.82, 2.24) is 16.1 Å². The molecule has 12 heteroatoms. The van der Waals surface area contributed by atoms with Gasteiger partial charge in [0.1, 0.15) is 12.4 Å². The van der Waals surface area contributed by atoms with Crippen molar-refractivity contribution in [1.29, 1.82) is 0 Å². The van der Waals surface area contributed by atoms with Crippen LogP contribution < -0.4 is 30.3 Å². The first-order chi connectivity index (χ1) is 22.2. The summed E-state index contributed by atoms with van der Waals surface area (Å²) in [4.78, 5) is 37.3. The minimum absolute atomic E-state index is 0.182. The number of urea groups is 1. The minimum Gasteiger partial charge on any atom is -0.493 e. The number of allylic oxidation sites excluding steroid dienone is 2. The maximum absolute atomic E-state index is 12.6. The summed E-state index contributed by atoms with van der Waals surface area (Å²) in [5.41, 5.74) is 6.33. The maximum Gasteiger partial charge on any atom is 0.338 e. The van der Waals surface area contributed by atoms with Crippen molar-refractivity contribution < 1.29 is 33.3 Å². The Labute approximate surface area is 272 Å². The molecule has 240 valence electrons. The molecule has 1 heterocycles. The second-order valence-electron chi connectivity index (χ2n) is 10.1. The van der Waals surface area contributed by atoms with Gasteiger partial charge in [-0.1, -0.05) is 35.9 Å². The Hall–Kier alpha value is -5.29. The number of benzene rings is 3. The van der Waals surface area contributed by atoms with Crippen LogP contribution >= 0.6 is 11.6 Å². The molecule has 0 saturated heterocycles. The average molecular weight is 647 g/mol. The van der Waals surface area contributed by atoms with E-state index in [-0.39, 0.29) is 24.5 Å².